The van der Waals surface area contributed by atoms with E-state index in [-0.39, 0.29) is 11.7 Å². The molecule has 3 aromatic heterocycles. The Morgan fingerprint density at radius 3 is 2.61 bits per heavy atom. The number of ether oxygens (including phenoxy) is 1. The number of anilines is 1. The van der Waals surface area contributed by atoms with Crippen molar-refractivity contribution in [1.29, 1.82) is 0 Å². The van der Waals surface area contributed by atoms with Crippen LogP contribution in [0.25, 0.3) is 22.1 Å². The van der Waals surface area contributed by atoms with Crippen LogP contribution in [0, 0.1) is 6.92 Å². The van der Waals surface area contributed by atoms with Crippen molar-refractivity contribution in [1.82, 2.24) is 24.7 Å². The summed E-state index contributed by atoms with van der Waals surface area (Å²) in [7, 11) is 0. The Morgan fingerprint density at radius 2 is 1.87 bits per heavy atom. The van der Waals surface area contributed by atoms with E-state index in [0.29, 0.717) is 39.0 Å². The summed E-state index contributed by atoms with van der Waals surface area (Å²) in [5.74, 6) is -1.13. The average Bonchev–Trinajstić information content (AvgIpc) is 3.29. The third kappa shape index (κ3) is 3.91. The van der Waals surface area contributed by atoms with Gasteiger partial charge in [-0.15, -0.1) is 0 Å². The van der Waals surface area contributed by atoms with Crippen LogP contribution >= 0.6 is 0 Å². The van der Waals surface area contributed by atoms with Crippen LogP contribution in [0.5, 0.6) is 0 Å². The minimum atomic E-state index is -1.04. The van der Waals surface area contributed by atoms with Gasteiger partial charge in [-0.25, -0.2) is 19.3 Å². The minimum Gasteiger partial charge on any atom is -0.449 e. The van der Waals surface area contributed by atoms with E-state index in [1.807, 2.05) is 13.8 Å². The van der Waals surface area contributed by atoms with Crippen molar-refractivity contribution in [3.8, 4) is 0 Å². The molecule has 160 valence electrons. The highest BCUT2D eigenvalue weighted by Crippen LogP contribution is 2.22. The number of carbonyl (C=O) groups is 2. The lowest BCUT2D eigenvalue weighted by molar-refractivity contribution is -0.123. The molecule has 0 saturated heterocycles. The molecule has 0 aliphatic carbocycles. The Kier molecular flexibility index (Phi) is 5.05. The van der Waals surface area contributed by atoms with E-state index < -0.39 is 18.0 Å². The minimum absolute atomic E-state index is 0.0766. The van der Waals surface area contributed by atoms with Gasteiger partial charge in [0.2, 0.25) is 0 Å². The SMILES string of the molecule is Cc1cc(C(=O)O[C@@H](C)C(=O)Nc2ccc3[nH]c(=O)[nH]c3c2)c2cnn(C(C)C)c2n1. The van der Waals surface area contributed by atoms with E-state index in [2.05, 4.69) is 25.4 Å². The summed E-state index contributed by atoms with van der Waals surface area (Å²) >= 11 is 0. The Morgan fingerprint density at radius 1 is 1.13 bits per heavy atom. The fraction of sp³-hybridized carbons (Fsp3) is 0.286. The van der Waals surface area contributed by atoms with Crippen molar-refractivity contribution in [3.05, 3.63) is 52.2 Å². The summed E-state index contributed by atoms with van der Waals surface area (Å²) in [6.07, 6.45) is 0.535. The molecule has 3 N–H and O–H groups in total. The zero-order valence-electron chi connectivity index (χ0n) is 17.5. The van der Waals surface area contributed by atoms with Crippen LogP contribution in [-0.4, -0.2) is 42.7 Å². The fourth-order valence-corrected chi connectivity index (χ4v) is 3.32. The summed E-state index contributed by atoms with van der Waals surface area (Å²) in [5.41, 5.74) is 2.86. The number of hydrogen-bond donors (Lipinski definition) is 3. The molecule has 31 heavy (non-hydrogen) atoms. The highest BCUT2D eigenvalue weighted by atomic mass is 16.5. The molecular formula is C21H22N6O4. The van der Waals surface area contributed by atoms with E-state index in [1.54, 1.807) is 42.1 Å². The average molecular weight is 422 g/mol. The maximum absolute atomic E-state index is 12.8. The number of nitrogens with zero attached hydrogens (tertiary/aromatic N) is 3. The molecule has 0 radical (unpaired) electrons. The van der Waals surface area contributed by atoms with Crippen LogP contribution in [0.1, 0.15) is 42.9 Å². The third-order valence-corrected chi connectivity index (χ3v) is 4.84. The van der Waals surface area contributed by atoms with Gasteiger partial charge in [0.25, 0.3) is 5.91 Å². The normalized spacial score (nSPS) is 12.4. The first-order valence-electron chi connectivity index (χ1n) is 9.81. The van der Waals surface area contributed by atoms with Crippen molar-refractivity contribution in [2.45, 2.75) is 39.8 Å². The molecule has 0 aliphatic rings. The first kappa shape index (κ1) is 20.3. The molecule has 3 heterocycles. The maximum atomic E-state index is 12.8. The molecule has 0 spiro atoms. The number of rotatable bonds is 5. The van der Waals surface area contributed by atoms with Gasteiger partial charge in [-0.3, -0.25) is 4.79 Å². The molecule has 4 aromatic rings. The number of esters is 1. The number of benzene rings is 1. The van der Waals surface area contributed by atoms with Crippen molar-refractivity contribution < 1.29 is 14.3 Å². The molecule has 0 unspecified atom stereocenters. The predicted octanol–water partition coefficient (Wildman–Crippen LogP) is 2.67. The molecule has 0 fully saturated rings. The Bertz CT molecular complexity index is 1360. The van der Waals surface area contributed by atoms with Gasteiger partial charge in [0, 0.05) is 17.4 Å². The highest BCUT2D eigenvalue weighted by molar-refractivity contribution is 6.04. The molecule has 1 atom stereocenters. The number of aromatic nitrogens is 5. The van der Waals surface area contributed by atoms with Gasteiger partial charge in [-0.05, 0) is 52.0 Å². The quantitative estimate of drug-likeness (QED) is 0.423. The van der Waals surface area contributed by atoms with Gasteiger partial charge in [0.15, 0.2) is 11.8 Å². The molecule has 0 aliphatic heterocycles. The molecule has 10 heteroatoms. The van der Waals surface area contributed by atoms with Gasteiger partial charge in [0.1, 0.15) is 0 Å². The maximum Gasteiger partial charge on any atom is 0.339 e. The molecule has 1 amide bonds. The van der Waals surface area contributed by atoms with E-state index >= 15 is 0 Å². The number of aromatic amines is 2. The number of H-pyrrole nitrogens is 2. The smallest absolute Gasteiger partial charge is 0.339 e. The summed E-state index contributed by atoms with van der Waals surface area (Å²) in [6.45, 7) is 7.22. The predicted molar refractivity (Wildman–Crippen MR) is 115 cm³/mol. The number of fused-ring (bicyclic) bond motifs is 2. The van der Waals surface area contributed by atoms with Crippen molar-refractivity contribution in [2.75, 3.05) is 5.32 Å². The van der Waals surface area contributed by atoms with Crippen LogP contribution in [0.15, 0.2) is 35.3 Å². The number of imidazole rings is 1. The van der Waals surface area contributed by atoms with Gasteiger partial charge < -0.3 is 20.0 Å². The Labute approximate surface area is 176 Å². The van der Waals surface area contributed by atoms with Crippen LogP contribution in [0.2, 0.25) is 0 Å². The number of pyridine rings is 1. The van der Waals surface area contributed by atoms with E-state index in [0.717, 1.165) is 0 Å². The number of hydrogen-bond acceptors (Lipinski definition) is 6. The van der Waals surface area contributed by atoms with E-state index in [9.17, 15) is 14.4 Å². The molecule has 0 bridgehead atoms. The first-order chi connectivity index (χ1) is 14.7. The van der Waals surface area contributed by atoms with Gasteiger partial charge >= 0.3 is 11.7 Å². The summed E-state index contributed by atoms with van der Waals surface area (Å²) in [6, 6.07) is 6.64. The largest absolute Gasteiger partial charge is 0.449 e. The van der Waals surface area contributed by atoms with Crippen LogP contribution in [0.4, 0.5) is 5.69 Å². The molecule has 10 nitrogen and oxygen atoms in total. The Hall–Kier alpha value is -3.95. The van der Waals surface area contributed by atoms with Crippen LogP contribution in [0.3, 0.4) is 0 Å². The second-order valence-electron chi connectivity index (χ2n) is 7.61. The van der Waals surface area contributed by atoms with Gasteiger partial charge in [-0.1, -0.05) is 0 Å². The molecule has 1 aromatic carbocycles. The molecular weight excluding hydrogens is 400 g/mol. The van der Waals surface area contributed by atoms with Crippen LogP contribution < -0.4 is 11.0 Å². The molecule has 0 saturated carbocycles. The van der Waals surface area contributed by atoms with Crippen molar-refractivity contribution in [2.24, 2.45) is 0 Å². The van der Waals surface area contributed by atoms with E-state index in [4.69, 9.17) is 4.74 Å². The van der Waals surface area contributed by atoms with Crippen LogP contribution in [-0.2, 0) is 9.53 Å². The third-order valence-electron chi connectivity index (χ3n) is 4.84. The lowest BCUT2D eigenvalue weighted by atomic mass is 10.1. The second kappa shape index (κ2) is 7.71. The number of amides is 1. The van der Waals surface area contributed by atoms with Gasteiger partial charge in [-0.2, -0.15) is 5.10 Å². The highest BCUT2D eigenvalue weighted by Gasteiger charge is 2.23. The summed E-state index contributed by atoms with van der Waals surface area (Å²) < 4.78 is 7.15. The Balaban J connectivity index is 1.52. The zero-order chi connectivity index (χ0) is 22.3. The standard InChI is InChI=1S/C21H22N6O4/c1-10(2)27-18-15(9-22-27)14(7-11(3)23-18)20(29)31-12(4)19(28)24-13-5-6-16-17(8-13)26-21(30)25-16/h5-10,12H,1-4H3,(H,24,28)(H2,25,26,30)/t12-/m0/s1. The zero-order valence-corrected chi connectivity index (χ0v) is 17.5. The monoisotopic (exact) mass is 422 g/mol. The number of carbonyl (C=O) groups excluding carboxylic acids is 2. The van der Waals surface area contributed by atoms with E-state index in [1.165, 1.54) is 6.92 Å². The van der Waals surface area contributed by atoms with Crippen molar-refractivity contribution in [3.63, 3.8) is 0 Å². The lowest BCUT2D eigenvalue weighted by Gasteiger charge is -2.14. The first-order valence-corrected chi connectivity index (χ1v) is 9.81. The van der Waals surface area contributed by atoms with Gasteiger partial charge in [0.05, 0.1) is 28.2 Å². The summed E-state index contributed by atoms with van der Waals surface area (Å²) in [4.78, 5) is 46.5. The molecule has 4 rings (SSSR count). The topological polar surface area (TPSA) is 135 Å². The number of nitrogens with one attached hydrogen (secondary N) is 3. The second-order valence-corrected chi connectivity index (χ2v) is 7.61. The van der Waals surface area contributed by atoms with Crippen molar-refractivity contribution >= 4 is 39.6 Å². The lowest BCUT2D eigenvalue weighted by Crippen LogP contribution is -2.30. The fourth-order valence-electron chi connectivity index (χ4n) is 3.32. The summed E-state index contributed by atoms with van der Waals surface area (Å²) in [5, 5.41) is 7.57. The number of aryl methyl sites for hydroxylation is 1.